The normalized spacial score (nSPS) is 11.8. The molecular formula is C28H26N2. The van der Waals surface area contributed by atoms with Crippen LogP contribution in [0.5, 0.6) is 0 Å². The van der Waals surface area contributed by atoms with Crippen molar-refractivity contribution in [3.63, 3.8) is 0 Å². The van der Waals surface area contributed by atoms with Crippen molar-refractivity contribution in [2.45, 2.75) is 26.3 Å². The average Bonchev–Trinajstić information content (AvgIpc) is 3.09. The minimum Gasteiger partial charge on any atom is -0.335 e. The van der Waals surface area contributed by atoms with Crippen molar-refractivity contribution in [1.82, 2.24) is 4.57 Å². The van der Waals surface area contributed by atoms with Gasteiger partial charge in [-0.15, -0.1) is 0 Å². The molecule has 0 unspecified atom stereocenters. The van der Waals surface area contributed by atoms with Gasteiger partial charge in [-0.3, -0.25) is 0 Å². The first kappa shape index (κ1) is 18.5. The zero-order valence-electron chi connectivity index (χ0n) is 17.7. The van der Waals surface area contributed by atoms with Crippen molar-refractivity contribution >= 4 is 38.9 Å². The van der Waals surface area contributed by atoms with E-state index in [9.17, 15) is 0 Å². The lowest BCUT2D eigenvalue weighted by Crippen LogP contribution is -2.21. The second kappa shape index (κ2) is 7.07. The molecule has 0 spiro atoms. The molecule has 0 bridgehead atoms. The lowest BCUT2D eigenvalue weighted by Gasteiger charge is -2.27. The Morgan fingerprint density at radius 1 is 0.533 bits per heavy atom. The summed E-state index contributed by atoms with van der Waals surface area (Å²) in [6.07, 6.45) is 0. The summed E-state index contributed by atoms with van der Waals surface area (Å²) >= 11 is 0. The van der Waals surface area contributed by atoms with E-state index in [1.165, 1.54) is 21.8 Å². The van der Waals surface area contributed by atoms with E-state index in [0.29, 0.717) is 0 Å². The molecule has 0 aliphatic heterocycles. The third kappa shape index (κ3) is 3.05. The van der Waals surface area contributed by atoms with Crippen LogP contribution in [0.15, 0.2) is 103 Å². The van der Waals surface area contributed by atoms with Crippen LogP contribution in [0.2, 0.25) is 0 Å². The Kier molecular flexibility index (Phi) is 4.36. The van der Waals surface area contributed by atoms with Crippen LogP contribution in [0, 0.1) is 0 Å². The third-order valence-corrected chi connectivity index (χ3v) is 5.62. The van der Waals surface area contributed by atoms with Crippen molar-refractivity contribution in [2.75, 3.05) is 4.90 Å². The molecule has 0 aliphatic carbocycles. The second-order valence-electron chi connectivity index (χ2n) is 8.73. The van der Waals surface area contributed by atoms with E-state index in [1.807, 2.05) is 0 Å². The molecule has 0 saturated carbocycles. The van der Waals surface area contributed by atoms with Crippen LogP contribution in [0.1, 0.15) is 20.8 Å². The predicted octanol–water partition coefficient (Wildman–Crippen LogP) is 8.02. The van der Waals surface area contributed by atoms with Crippen LogP contribution < -0.4 is 4.90 Å². The van der Waals surface area contributed by atoms with Crippen molar-refractivity contribution < 1.29 is 0 Å². The molecular weight excluding hydrogens is 364 g/mol. The number of hydrogen-bond donors (Lipinski definition) is 0. The van der Waals surface area contributed by atoms with Gasteiger partial charge in [0.2, 0.25) is 0 Å². The molecule has 148 valence electrons. The zero-order chi connectivity index (χ0) is 20.7. The van der Waals surface area contributed by atoms with Gasteiger partial charge in [-0.2, -0.15) is 0 Å². The smallest absolute Gasteiger partial charge is 0.0517 e. The number of nitrogens with zero attached hydrogens (tertiary/aromatic N) is 2. The monoisotopic (exact) mass is 390 g/mol. The van der Waals surface area contributed by atoms with Gasteiger partial charge in [0.1, 0.15) is 0 Å². The van der Waals surface area contributed by atoms with Crippen LogP contribution in [-0.2, 0) is 5.54 Å². The SMILES string of the molecule is CC(C)(C)n1c2ccccc2c2ccc(N(c3ccccc3)c3ccccc3)cc21. The summed E-state index contributed by atoms with van der Waals surface area (Å²) in [5, 5.41) is 2.60. The number of benzene rings is 4. The molecule has 0 atom stereocenters. The van der Waals surface area contributed by atoms with E-state index in [1.54, 1.807) is 0 Å². The number of fused-ring (bicyclic) bond motifs is 3. The zero-order valence-corrected chi connectivity index (χ0v) is 17.7. The van der Waals surface area contributed by atoms with Gasteiger partial charge in [0.05, 0.1) is 5.52 Å². The van der Waals surface area contributed by atoms with E-state index < -0.39 is 0 Å². The molecule has 5 aromatic rings. The highest BCUT2D eigenvalue weighted by Gasteiger charge is 2.21. The fraction of sp³-hybridized carbons (Fsp3) is 0.143. The van der Waals surface area contributed by atoms with E-state index in [2.05, 4.69) is 133 Å². The van der Waals surface area contributed by atoms with Gasteiger partial charge in [-0.25, -0.2) is 0 Å². The Bertz CT molecular complexity index is 1270. The van der Waals surface area contributed by atoms with Crippen LogP contribution in [-0.4, -0.2) is 4.57 Å². The van der Waals surface area contributed by atoms with Crippen molar-refractivity contribution in [3.05, 3.63) is 103 Å². The van der Waals surface area contributed by atoms with Gasteiger partial charge in [0, 0.05) is 38.9 Å². The van der Waals surface area contributed by atoms with Gasteiger partial charge >= 0.3 is 0 Å². The molecule has 2 heteroatoms. The largest absolute Gasteiger partial charge is 0.335 e. The Morgan fingerprint density at radius 3 is 1.67 bits per heavy atom. The van der Waals surface area contributed by atoms with Crippen LogP contribution in [0.25, 0.3) is 21.8 Å². The topological polar surface area (TPSA) is 8.17 Å². The second-order valence-corrected chi connectivity index (χ2v) is 8.73. The molecule has 30 heavy (non-hydrogen) atoms. The molecule has 1 aromatic heterocycles. The van der Waals surface area contributed by atoms with Gasteiger partial charge in [-0.1, -0.05) is 60.7 Å². The van der Waals surface area contributed by atoms with Crippen molar-refractivity contribution in [3.8, 4) is 0 Å². The lowest BCUT2D eigenvalue weighted by molar-refractivity contribution is 0.423. The Hall–Kier alpha value is -3.52. The van der Waals surface area contributed by atoms with Crippen molar-refractivity contribution in [2.24, 2.45) is 0 Å². The molecule has 4 aromatic carbocycles. The highest BCUT2D eigenvalue weighted by molar-refractivity contribution is 6.09. The number of para-hydroxylation sites is 3. The van der Waals surface area contributed by atoms with Gasteiger partial charge in [0.25, 0.3) is 0 Å². The molecule has 0 fully saturated rings. The quantitative estimate of drug-likeness (QED) is 0.303. The fourth-order valence-electron chi connectivity index (χ4n) is 4.42. The Balaban J connectivity index is 1.80. The van der Waals surface area contributed by atoms with Crippen LogP contribution in [0.3, 0.4) is 0 Å². The summed E-state index contributed by atoms with van der Waals surface area (Å²) in [6.45, 7) is 6.83. The summed E-state index contributed by atoms with van der Waals surface area (Å²) in [4.78, 5) is 2.32. The lowest BCUT2D eigenvalue weighted by atomic mass is 10.1. The Labute approximate surface area is 178 Å². The molecule has 1 heterocycles. The summed E-state index contributed by atoms with van der Waals surface area (Å²) in [5.74, 6) is 0. The maximum atomic E-state index is 2.47. The minimum atomic E-state index is -0.0235. The molecule has 0 aliphatic rings. The first-order valence-electron chi connectivity index (χ1n) is 10.5. The van der Waals surface area contributed by atoms with Gasteiger partial charge < -0.3 is 9.47 Å². The number of rotatable bonds is 3. The van der Waals surface area contributed by atoms with Crippen LogP contribution in [0.4, 0.5) is 17.1 Å². The highest BCUT2D eigenvalue weighted by atomic mass is 15.1. The summed E-state index contributed by atoms with van der Waals surface area (Å²) in [7, 11) is 0. The maximum absolute atomic E-state index is 2.47. The first-order valence-corrected chi connectivity index (χ1v) is 10.5. The number of anilines is 3. The van der Waals surface area contributed by atoms with E-state index in [0.717, 1.165) is 17.1 Å². The van der Waals surface area contributed by atoms with E-state index in [4.69, 9.17) is 0 Å². The molecule has 2 nitrogen and oxygen atoms in total. The molecule has 5 rings (SSSR count). The summed E-state index contributed by atoms with van der Waals surface area (Å²) in [6, 6.07) is 36.7. The predicted molar refractivity (Wildman–Crippen MR) is 129 cm³/mol. The summed E-state index contributed by atoms with van der Waals surface area (Å²) < 4.78 is 2.47. The molecule has 0 amide bonds. The first-order chi connectivity index (χ1) is 14.5. The average molecular weight is 391 g/mol. The fourth-order valence-corrected chi connectivity index (χ4v) is 4.42. The van der Waals surface area contributed by atoms with Gasteiger partial charge in [0.15, 0.2) is 0 Å². The summed E-state index contributed by atoms with van der Waals surface area (Å²) in [5.41, 5.74) is 5.99. The van der Waals surface area contributed by atoms with Gasteiger partial charge in [-0.05, 0) is 63.2 Å². The molecule has 0 saturated heterocycles. The standard InChI is InChI=1S/C28H26N2/c1-28(2,3)30-26-17-11-10-16-24(26)25-19-18-23(20-27(25)30)29(21-12-6-4-7-13-21)22-14-8-5-9-15-22/h4-20H,1-3H3. The van der Waals surface area contributed by atoms with E-state index >= 15 is 0 Å². The maximum Gasteiger partial charge on any atom is 0.0517 e. The molecule has 0 radical (unpaired) electrons. The number of aromatic nitrogens is 1. The minimum absolute atomic E-state index is 0.0235. The highest BCUT2D eigenvalue weighted by Crippen LogP contribution is 2.39. The Morgan fingerprint density at radius 2 is 1.07 bits per heavy atom. The third-order valence-electron chi connectivity index (χ3n) is 5.62. The van der Waals surface area contributed by atoms with Crippen molar-refractivity contribution in [1.29, 1.82) is 0 Å². The molecule has 0 N–H and O–H groups in total. The number of hydrogen-bond acceptors (Lipinski definition) is 1. The van der Waals surface area contributed by atoms with Crippen LogP contribution >= 0.6 is 0 Å². The van der Waals surface area contributed by atoms with E-state index in [-0.39, 0.29) is 5.54 Å².